The molecule has 25 heavy (non-hydrogen) atoms. The Morgan fingerprint density at radius 2 is 1.04 bits per heavy atom. The number of aryl methyl sites for hydroxylation is 1. The Bertz CT molecular complexity index is 844. The summed E-state index contributed by atoms with van der Waals surface area (Å²) in [6.07, 6.45) is 3.85. The molecule has 0 saturated heterocycles. The van der Waals surface area contributed by atoms with Crippen LogP contribution in [-0.4, -0.2) is 9.55 Å². The Hall–Kier alpha value is -3.13. The minimum Gasteiger partial charge on any atom is -0.316 e. The maximum atomic E-state index is 4.43. The van der Waals surface area contributed by atoms with Gasteiger partial charge in [-0.1, -0.05) is 91.0 Å². The van der Waals surface area contributed by atoms with E-state index < -0.39 is 5.54 Å². The second kappa shape index (κ2) is 6.40. The van der Waals surface area contributed by atoms with Crippen LogP contribution in [0.25, 0.3) is 0 Å². The number of imidazole rings is 1. The van der Waals surface area contributed by atoms with Gasteiger partial charge in [0.15, 0.2) is 0 Å². The molecule has 0 radical (unpaired) electrons. The van der Waals surface area contributed by atoms with E-state index in [0.717, 1.165) is 5.69 Å². The van der Waals surface area contributed by atoms with Crippen molar-refractivity contribution in [2.45, 2.75) is 12.5 Å². The molecule has 0 atom stereocenters. The lowest BCUT2D eigenvalue weighted by atomic mass is 9.76. The monoisotopic (exact) mass is 324 g/mol. The molecular weight excluding hydrogens is 304 g/mol. The molecular formula is C23H20N2. The zero-order valence-corrected chi connectivity index (χ0v) is 14.2. The smallest absolute Gasteiger partial charge is 0.121 e. The summed E-state index contributed by atoms with van der Waals surface area (Å²) in [6.45, 7) is 2.11. The lowest BCUT2D eigenvalue weighted by molar-refractivity contribution is 0.504. The third-order valence-corrected chi connectivity index (χ3v) is 4.76. The van der Waals surface area contributed by atoms with Crippen molar-refractivity contribution in [1.29, 1.82) is 0 Å². The molecule has 0 N–H and O–H groups in total. The van der Waals surface area contributed by atoms with Gasteiger partial charge in [-0.2, -0.15) is 0 Å². The largest absolute Gasteiger partial charge is 0.316 e. The number of benzene rings is 3. The average molecular weight is 324 g/mol. The van der Waals surface area contributed by atoms with Crippen LogP contribution in [0.2, 0.25) is 0 Å². The van der Waals surface area contributed by atoms with Crippen molar-refractivity contribution in [3.63, 3.8) is 0 Å². The molecule has 0 spiro atoms. The van der Waals surface area contributed by atoms with E-state index in [-0.39, 0.29) is 0 Å². The number of rotatable bonds is 4. The van der Waals surface area contributed by atoms with E-state index in [2.05, 4.69) is 107 Å². The molecule has 0 amide bonds. The molecule has 0 saturated carbocycles. The van der Waals surface area contributed by atoms with Gasteiger partial charge in [0.05, 0.1) is 6.33 Å². The quantitative estimate of drug-likeness (QED) is 0.481. The van der Waals surface area contributed by atoms with Crippen molar-refractivity contribution in [2.24, 2.45) is 0 Å². The van der Waals surface area contributed by atoms with Gasteiger partial charge in [-0.15, -0.1) is 0 Å². The first kappa shape index (κ1) is 15.4. The highest BCUT2D eigenvalue weighted by Crippen LogP contribution is 2.41. The first-order valence-corrected chi connectivity index (χ1v) is 8.49. The molecule has 3 aromatic carbocycles. The summed E-state index contributed by atoms with van der Waals surface area (Å²) in [4.78, 5) is 4.43. The van der Waals surface area contributed by atoms with Crippen LogP contribution in [0.3, 0.4) is 0 Å². The fourth-order valence-electron chi connectivity index (χ4n) is 3.67. The van der Waals surface area contributed by atoms with E-state index in [1.807, 2.05) is 12.5 Å². The van der Waals surface area contributed by atoms with E-state index in [0.29, 0.717) is 0 Å². The van der Waals surface area contributed by atoms with Crippen molar-refractivity contribution >= 4 is 0 Å². The molecule has 1 heterocycles. The van der Waals surface area contributed by atoms with Crippen LogP contribution < -0.4 is 0 Å². The molecule has 122 valence electrons. The molecule has 0 aliphatic rings. The summed E-state index contributed by atoms with van der Waals surface area (Å²) in [7, 11) is 0. The molecule has 2 heteroatoms. The molecule has 4 rings (SSSR count). The standard InChI is InChI=1S/C23H20N2/c1-19-17-24-18-25(19)23(20-11-5-2-6-12-20,21-13-7-3-8-14-21)22-15-9-4-10-16-22/h2-18H,1H3. The maximum Gasteiger partial charge on any atom is 0.121 e. The van der Waals surface area contributed by atoms with Gasteiger partial charge in [0.25, 0.3) is 0 Å². The van der Waals surface area contributed by atoms with Crippen molar-refractivity contribution in [1.82, 2.24) is 9.55 Å². The molecule has 0 fully saturated rings. The van der Waals surface area contributed by atoms with Gasteiger partial charge in [-0.25, -0.2) is 4.98 Å². The predicted molar refractivity (Wildman–Crippen MR) is 102 cm³/mol. The van der Waals surface area contributed by atoms with E-state index in [1.54, 1.807) is 0 Å². The topological polar surface area (TPSA) is 17.8 Å². The Balaban J connectivity index is 2.15. The van der Waals surface area contributed by atoms with Crippen molar-refractivity contribution in [2.75, 3.05) is 0 Å². The van der Waals surface area contributed by atoms with Crippen molar-refractivity contribution in [3.8, 4) is 0 Å². The summed E-state index contributed by atoms with van der Waals surface area (Å²) in [5.74, 6) is 0. The average Bonchev–Trinajstić information content (AvgIpc) is 3.12. The zero-order valence-electron chi connectivity index (χ0n) is 14.2. The van der Waals surface area contributed by atoms with Gasteiger partial charge in [0.2, 0.25) is 0 Å². The summed E-state index contributed by atoms with van der Waals surface area (Å²) in [6, 6.07) is 31.9. The van der Waals surface area contributed by atoms with Crippen LogP contribution in [0.4, 0.5) is 0 Å². The van der Waals surface area contributed by atoms with E-state index >= 15 is 0 Å². The van der Waals surface area contributed by atoms with Crippen LogP contribution in [0.5, 0.6) is 0 Å². The second-order valence-corrected chi connectivity index (χ2v) is 6.21. The van der Waals surface area contributed by atoms with Gasteiger partial charge < -0.3 is 4.57 Å². The maximum absolute atomic E-state index is 4.43. The summed E-state index contributed by atoms with van der Waals surface area (Å²) in [5, 5.41) is 0. The van der Waals surface area contributed by atoms with E-state index in [4.69, 9.17) is 0 Å². The van der Waals surface area contributed by atoms with Gasteiger partial charge in [-0.3, -0.25) is 0 Å². The fourth-order valence-corrected chi connectivity index (χ4v) is 3.67. The van der Waals surface area contributed by atoms with E-state index in [9.17, 15) is 0 Å². The minimum atomic E-state index is -0.454. The van der Waals surface area contributed by atoms with Crippen molar-refractivity contribution < 1.29 is 0 Å². The first-order chi connectivity index (χ1) is 12.3. The fraction of sp³-hybridized carbons (Fsp3) is 0.0870. The Morgan fingerprint density at radius 3 is 1.36 bits per heavy atom. The summed E-state index contributed by atoms with van der Waals surface area (Å²) in [5.41, 5.74) is 4.32. The highest BCUT2D eigenvalue weighted by molar-refractivity contribution is 5.51. The van der Waals surface area contributed by atoms with Crippen LogP contribution in [0, 0.1) is 6.92 Å². The van der Waals surface area contributed by atoms with Crippen LogP contribution in [-0.2, 0) is 5.54 Å². The van der Waals surface area contributed by atoms with Gasteiger partial charge in [0.1, 0.15) is 5.54 Å². The molecule has 0 aliphatic heterocycles. The number of hydrogen-bond acceptors (Lipinski definition) is 1. The highest BCUT2D eigenvalue weighted by Gasteiger charge is 2.38. The molecule has 1 aromatic heterocycles. The lowest BCUT2D eigenvalue weighted by Gasteiger charge is -2.38. The van der Waals surface area contributed by atoms with Gasteiger partial charge >= 0.3 is 0 Å². The molecule has 0 bridgehead atoms. The second-order valence-electron chi connectivity index (χ2n) is 6.21. The summed E-state index contributed by atoms with van der Waals surface area (Å²) >= 11 is 0. The van der Waals surface area contributed by atoms with Gasteiger partial charge in [-0.05, 0) is 23.6 Å². The van der Waals surface area contributed by atoms with Crippen LogP contribution >= 0.6 is 0 Å². The number of nitrogens with zero attached hydrogens (tertiary/aromatic N) is 2. The predicted octanol–water partition coefficient (Wildman–Crippen LogP) is 5.03. The molecule has 0 unspecified atom stereocenters. The molecule has 0 aliphatic carbocycles. The third-order valence-electron chi connectivity index (χ3n) is 4.76. The minimum absolute atomic E-state index is 0.454. The Labute approximate surface area is 148 Å². The van der Waals surface area contributed by atoms with Crippen molar-refractivity contribution in [3.05, 3.63) is 126 Å². The first-order valence-electron chi connectivity index (χ1n) is 8.49. The number of aromatic nitrogens is 2. The normalized spacial score (nSPS) is 11.4. The van der Waals surface area contributed by atoms with Crippen LogP contribution in [0.1, 0.15) is 22.4 Å². The molecule has 2 nitrogen and oxygen atoms in total. The van der Waals surface area contributed by atoms with Gasteiger partial charge in [0, 0.05) is 11.9 Å². The SMILES string of the molecule is Cc1cncn1C(c1ccccc1)(c1ccccc1)c1ccccc1. The molecule has 4 aromatic rings. The van der Waals surface area contributed by atoms with Crippen LogP contribution in [0.15, 0.2) is 104 Å². The Kier molecular flexibility index (Phi) is 3.95. The zero-order chi connectivity index (χ0) is 17.1. The lowest BCUT2D eigenvalue weighted by Crippen LogP contribution is -2.38. The third kappa shape index (κ3) is 2.47. The number of hydrogen-bond donors (Lipinski definition) is 0. The van der Waals surface area contributed by atoms with E-state index in [1.165, 1.54) is 16.7 Å². The summed E-state index contributed by atoms with van der Waals surface area (Å²) < 4.78 is 2.27. The highest BCUT2D eigenvalue weighted by atomic mass is 15.1. The Morgan fingerprint density at radius 1 is 0.640 bits per heavy atom.